The Labute approximate surface area is 138 Å². The largest absolute Gasteiger partial charge is 0.336 e. The summed E-state index contributed by atoms with van der Waals surface area (Å²) in [5, 5.41) is 0.0381. The van der Waals surface area contributed by atoms with Gasteiger partial charge in [0.05, 0.1) is 6.33 Å². The number of hydrogen-bond acceptors (Lipinski definition) is 4. The molecule has 0 atom stereocenters. The molecular formula is C16H24N4O2S. The number of imidazole rings is 1. The van der Waals surface area contributed by atoms with Crippen molar-refractivity contribution < 1.29 is 8.42 Å². The molecule has 0 unspecified atom stereocenters. The summed E-state index contributed by atoms with van der Waals surface area (Å²) in [7, 11) is 0.272. The Hall–Kier alpha value is -1.86. The number of nitrogens with one attached hydrogen (secondary N) is 1. The van der Waals surface area contributed by atoms with Crippen LogP contribution in [-0.4, -0.2) is 37.0 Å². The zero-order valence-corrected chi connectivity index (χ0v) is 14.8. The summed E-state index contributed by atoms with van der Waals surface area (Å²) in [6.07, 6.45) is 3.11. The molecule has 0 aliphatic carbocycles. The Kier molecular flexibility index (Phi) is 5.43. The summed E-state index contributed by atoms with van der Waals surface area (Å²) in [5.41, 5.74) is 1.59. The number of anilines is 1. The predicted octanol–water partition coefficient (Wildman–Crippen LogP) is 2.40. The first-order valence-electron chi connectivity index (χ1n) is 7.54. The predicted molar refractivity (Wildman–Crippen MR) is 91.7 cm³/mol. The average molecular weight is 336 g/mol. The van der Waals surface area contributed by atoms with Gasteiger partial charge in [-0.15, -0.1) is 0 Å². The molecule has 7 heteroatoms. The lowest BCUT2D eigenvalue weighted by Crippen LogP contribution is -2.14. The fourth-order valence-corrected chi connectivity index (χ4v) is 3.31. The van der Waals surface area contributed by atoms with Crippen LogP contribution >= 0.6 is 0 Å². The molecule has 1 aromatic carbocycles. The van der Waals surface area contributed by atoms with E-state index in [4.69, 9.17) is 0 Å². The van der Waals surface area contributed by atoms with Gasteiger partial charge in [0.25, 0.3) is 10.0 Å². The molecule has 2 aromatic rings. The van der Waals surface area contributed by atoms with Crippen LogP contribution in [0.2, 0.25) is 0 Å². The van der Waals surface area contributed by atoms with Gasteiger partial charge in [-0.2, -0.15) is 8.42 Å². The molecule has 0 aliphatic heterocycles. The van der Waals surface area contributed by atoms with Gasteiger partial charge >= 0.3 is 0 Å². The SMILES string of the molecule is CC(C)Cn1cnc(S(=O)(=O)Nc2cccc(CN(C)C)c2)c1. The van der Waals surface area contributed by atoms with Crippen LogP contribution in [-0.2, 0) is 23.1 Å². The van der Waals surface area contributed by atoms with Crippen LogP contribution in [0.25, 0.3) is 0 Å². The van der Waals surface area contributed by atoms with Gasteiger partial charge in [0.2, 0.25) is 0 Å². The van der Waals surface area contributed by atoms with Crippen molar-refractivity contribution in [3.8, 4) is 0 Å². The highest BCUT2D eigenvalue weighted by Gasteiger charge is 2.18. The summed E-state index contributed by atoms with van der Waals surface area (Å²) < 4.78 is 29.3. The third-order valence-corrected chi connectivity index (χ3v) is 4.40. The van der Waals surface area contributed by atoms with Crippen molar-refractivity contribution in [2.24, 2.45) is 5.92 Å². The van der Waals surface area contributed by atoms with Crippen molar-refractivity contribution in [3.05, 3.63) is 42.4 Å². The van der Waals surface area contributed by atoms with Crippen molar-refractivity contribution in [2.75, 3.05) is 18.8 Å². The van der Waals surface area contributed by atoms with Crippen LogP contribution in [0, 0.1) is 5.92 Å². The van der Waals surface area contributed by atoms with Crippen molar-refractivity contribution in [2.45, 2.75) is 32.0 Å². The third kappa shape index (κ3) is 5.07. The first-order chi connectivity index (χ1) is 10.8. The number of hydrogen-bond donors (Lipinski definition) is 1. The Morgan fingerprint density at radius 1 is 1.30 bits per heavy atom. The van der Waals surface area contributed by atoms with Gasteiger partial charge in [-0.1, -0.05) is 26.0 Å². The summed E-state index contributed by atoms with van der Waals surface area (Å²) in [4.78, 5) is 6.04. The Morgan fingerprint density at radius 2 is 2.04 bits per heavy atom. The minimum Gasteiger partial charge on any atom is -0.336 e. The minimum atomic E-state index is -3.67. The van der Waals surface area contributed by atoms with Gasteiger partial charge in [-0.05, 0) is 37.7 Å². The fourth-order valence-electron chi connectivity index (χ4n) is 2.31. The zero-order chi connectivity index (χ0) is 17.0. The van der Waals surface area contributed by atoms with E-state index in [0.717, 1.165) is 18.7 Å². The Balaban J connectivity index is 2.16. The lowest BCUT2D eigenvalue weighted by molar-refractivity contribution is 0.402. The second kappa shape index (κ2) is 7.14. The van der Waals surface area contributed by atoms with E-state index in [1.54, 1.807) is 23.2 Å². The standard InChI is InChI=1S/C16H24N4O2S/c1-13(2)9-20-11-16(17-12-20)23(21,22)18-15-7-5-6-14(8-15)10-19(3)4/h5-8,11-13,18H,9-10H2,1-4H3. The maximum Gasteiger partial charge on any atom is 0.280 e. The zero-order valence-electron chi connectivity index (χ0n) is 14.0. The lowest BCUT2D eigenvalue weighted by Gasteiger charge is -2.11. The van der Waals surface area contributed by atoms with Gasteiger partial charge in [-0.3, -0.25) is 4.72 Å². The van der Waals surface area contributed by atoms with Gasteiger partial charge in [0.15, 0.2) is 5.03 Å². The highest BCUT2D eigenvalue weighted by Crippen LogP contribution is 2.17. The average Bonchev–Trinajstić information content (AvgIpc) is 2.86. The Morgan fingerprint density at radius 3 is 2.70 bits per heavy atom. The van der Waals surface area contributed by atoms with Crippen LogP contribution in [0.4, 0.5) is 5.69 Å². The Bertz CT molecular complexity index is 751. The van der Waals surface area contributed by atoms with Gasteiger partial charge in [-0.25, -0.2) is 4.98 Å². The number of nitrogens with zero attached hydrogens (tertiary/aromatic N) is 3. The first-order valence-corrected chi connectivity index (χ1v) is 9.03. The number of sulfonamides is 1. The van der Waals surface area contributed by atoms with Crippen molar-refractivity contribution >= 4 is 15.7 Å². The van der Waals surface area contributed by atoms with Gasteiger partial charge in [0.1, 0.15) is 0 Å². The summed E-state index contributed by atoms with van der Waals surface area (Å²) in [5.74, 6) is 0.426. The maximum absolute atomic E-state index is 12.4. The first kappa shape index (κ1) is 17.5. The number of rotatable bonds is 7. The third-order valence-electron chi connectivity index (χ3n) is 3.14. The van der Waals surface area contributed by atoms with E-state index in [0.29, 0.717) is 11.6 Å². The van der Waals surface area contributed by atoms with Crippen LogP contribution in [0.15, 0.2) is 41.8 Å². The molecule has 1 N–H and O–H groups in total. The normalized spacial score (nSPS) is 12.1. The maximum atomic E-state index is 12.4. The van der Waals surface area contributed by atoms with E-state index in [9.17, 15) is 8.42 Å². The molecule has 2 rings (SSSR count). The highest BCUT2D eigenvalue weighted by molar-refractivity contribution is 7.92. The topological polar surface area (TPSA) is 67.2 Å². The molecule has 0 radical (unpaired) electrons. The van der Waals surface area contributed by atoms with E-state index in [2.05, 4.69) is 23.6 Å². The quantitative estimate of drug-likeness (QED) is 0.843. The monoisotopic (exact) mass is 336 g/mol. The van der Waals surface area contributed by atoms with E-state index >= 15 is 0 Å². The van der Waals surface area contributed by atoms with Crippen molar-refractivity contribution in [1.29, 1.82) is 0 Å². The molecule has 126 valence electrons. The van der Waals surface area contributed by atoms with Gasteiger partial charge in [0, 0.05) is 25.0 Å². The van der Waals surface area contributed by atoms with Crippen LogP contribution < -0.4 is 4.72 Å². The molecule has 0 aliphatic rings. The van der Waals surface area contributed by atoms with E-state index in [-0.39, 0.29) is 5.03 Å². The molecule has 0 saturated heterocycles. The van der Waals surface area contributed by atoms with E-state index in [1.165, 1.54) is 0 Å². The molecule has 6 nitrogen and oxygen atoms in total. The number of benzene rings is 1. The minimum absolute atomic E-state index is 0.0381. The van der Waals surface area contributed by atoms with Crippen LogP contribution in [0.5, 0.6) is 0 Å². The van der Waals surface area contributed by atoms with Crippen molar-refractivity contribution in [3.63, 3.8) is 0 Å². The fraction of sp³-hybridized carbons (Fsp3) is 0.438. The van der Waals surface area contributed by atoms with Gasteiger partial charge < -0.3 is 9.47 Å². The molecule has 0 spiro atoms. The lowest BCUT2D eigenvalue weighted by atomic mass is 10.2. The smallest absolute Gasteiger partial charge is 0.280 e. The molecular weight excluding hydrogens is 312 g/mol. The molecule has 0 fully saturated rings. The second-order valence-corrected chi connectivity index (χ2v) is 7.98. The molecule has 0 amide bonds. The summed E-state index contributed by atoms with van der Waals surface area (Å²) in [6, 6.07) is 7.38. The summed E-state index contributed by atoms with van der Waals surface area (Å²) in [6.45, 7) is 5.63. The molecule has 0 saturated carbocycles. The molecule has 23 heavy (non-hydrogen) atoms. The van der Waals surface area contributed by atoms with Crippen LogP contribution in [0.1, 0.15) is 19.4 Å². The molecule has 1 aromatic heterocycles. The molecule has 1 heterocycles. The number of aromatic nitrogens is 2. The second-order valence-electron chi connectivity index (χ2n) is 6.35. The van der Waals surface area contributed by atoms with E-state index in [1.807, 2.05) is 37.2 Å². The van der Waals surface area contributed by atoms with E-state index < -0.39 is 10.0 Å². The highest BCUT2D eigenvalue weighted by atomic mass is 32.2. The summed E-state index contributed by atoms with van der Waals surface area (Å²) >= 11 is 0. The molecule has 0 bridgehead atoms. The van der Waals surface area contributed by atoms with Crippen molar-refractivity contribution in [1.82, 2.24) is 14.5 Å². The van der Waals surface area contributed by atoms with Crippen LogP contribution in [0.3, 0.4) is 0 Å².